The smallest absolute Gasteiger partial charge is 0.348 e. The zero-order valence-electron chi connectivity index (χ0n) is 10.4. The molecule has 3 N–H and O–H groups in total. The molecule has 0 aliphatic carbocycles. The van der Waals surface area contributed by atoms with Gasteiger partial charge in [0.1, 0.15) is 0 Å². The summed E-state index contributed by atoms with van der Waals surface area (Å²) in [5.41, 5.74) is 2.70. The number of carbonyl (C=O) groups is 1. The fourth-order valence-electron chi connectivity index (χ4n) is 1.33. The summed E-state index contributed by atoms with van der Waals surface area (Å²) < 4.78 is 37.8. The van der Waals surface area contributed by atoms with Crippen LogP contribution in [0.25, 0.3) is 0 Å². The number of hydrogen-bond donors (Lipinski definition) is 2. The number of halogens is 4. The lowest BCUT2D eigenvalue weighted by Crippen LogP contribution is -2.61. The van der Waals surface area contributed by atoms with E-state index in [1.165, 1.54) is 0 Å². The molecule has 0 spiro atoms. The average Bonchev–Trinajstić information content (AvgIpc) is 2.27. The highest BCUT2D eigenvalue weighted by Crippen LogP contribution is 2.29. The van der Waals surface area contributed by atoms with Crippen molar-refractivity contribution < 1.29 is 18.0 Å². The summed E-state index contributed by atoms with van der Waals surface area (Å²) in [6.45, 7) is 2.18. The Morgan fingerprint density at radius 3 is 2.47 bits per heavy atom. The quantitative estimate of drug-likeness (QED) is 0.900. The predicted octanol–water partition coefficient (Wildman–Crippen LogP) is 2.80. The van der Waals surface area contributed by atoms with Crippen LogP contribution in [0, 0.1) is 0 Å². The number of nitrogens with one attached hydrogen (secondary N) is 1. The summed E-state index contributed by atoms with van der Waals surface area (Å²) in [4.78, 5) is 11.6. The van der Waals surface area contributed by atoms with Crippen molar-refractivity contribution in [2.75, 3.05) is 0 Å². The zero-order chi connectivity index (χ0) is 14.8. The molecular formula is C12H14ClF3N2O. The van der Waals surface area contributed by atoms with Crippen molar-refractivity contribution >= 4 is 17.5 Å². The summed E-state index contributed by atoms with van der Waals surface area (Å²) in [5.74, 6) is -1.28. The Hall–Kier alpha value is -1.27. The van der Waals surface area contributed by atoms with Crippen molar-refractivity contribution in [1.82, 2.24) is 5.32 Å². The highest BCUT2D eigenvalue weighted by molar-refractivity contribution is 6.30. The molecule has 2 atom stereocenters. The van der Waals surface area contributed by atoms with E-state index >= 15 is 0 Å². The van der Waals surface area contributed by atoms with Crippen LogP contribution >= 0.6 is 11.6 Å². The first-order valence-electron chi connectivity index (χ1n) is 5.47. The molecule has 0 saturated carbocycles. The first-order valence-corrected chi connectivity index (χ1v) is 5.85. The van der Waals surface area contributed by atoms with Gasteiger partial charge in [-0.2, -0.15) is 13.2 Å². The van der Waals surface area contributed by atoms with Crippen LogP contribution in [0.2, 0.25) is 5.02 Å². The van der Waals surface area contributed by atoms with Gasteiger partial charge in [-0.15, -0.1) is 0 Å². The van der Waals surface area contributed by atoms with Gasteiger partial charge in [-0.05, 0) is 31.5 Å². The zero-order valence-corrected chi connectivity index (χ0v) is 11.1. The molecule has 1 unspecified atom stereocenters. The number of alkyl halides is 3. The van der Waals surface area contributed by atoms with Gasteiger partial charge in [0.15, 0.2) is 5.54 Å². The lowest BCUT2D eigenvalue weighted by Gasteiger charge is -2.28. The second-order valence-electron chi connectivity index (χ2n) is 4.45. The molecule has 1 amide bonds. The minimum atomic E-state index is -4.81. The van der Waals surface area contributed by atoms with Crippen LogP contribution in [0.1, 0.15) is 25.5 Å². The van der Waals surface area contributed by atoms with Crippen LogP contribution in [-0.4, -0.2) is 17.6 Å². The van der Waals surface area contributed by atoms with E-state index < -0.39 is 23.7 Å². The highest BCUT2D eigenvalue weighted by Gasteiger charge is 2.54. The molecule has 0 aromatic heterocycles. The van der Waals surface area contributed by atoms with Crippen molar-refractivity contribution in [1.29, 1.82) is 0 Å². The Kier molecular flexibility index (Phi) is 4.47. The second-order valence-corrected chi connectivity index (χ2v) is 4.89. The normalized spacial score (nSPS) is 16.6. The van der Waals surface area contributed by atoms with Crippen LogP contribution in [-0.2, 0) is 4.79 Å². The Balaban J connectivity index is 2.83. The van der Waals surface area contributed by atoms with E-state index in [1.807, 2.05) is 0 Å². The number of hydrogen-bond acceptors (Lipinski definition) is 2. The molecule has 0 bridgehead atoms. The van der Waals surface area contributed by atoms with E-state index in [4.69, 9.17) is 17.3 Å². The Morgan fingerprint density at radius 2 is 2.00 bits per heavy atom. The Labute approximate surface area is 113 Å². The van der Waals surface area contributed by atoms with Crippen molar-refractivity contribution in [3.05, 3.63) is 34.9 Å². The Bertz CT molecular complexity index is 474. The van der Waals surface area contributed by atoms with Crippen LogP contribution in [0.4, 0.5) is 13.2 Å². The maximum absolute atomic E-state index is 12.6. The largest absolute Gasteiger partial charge is 0.415 e. The average molecular weight is 295 g/mol. The first kappa shape index (κ1) is 15.8. The number of rotatable bonds is 3. The van der Waals surface area contributed by atoms with E-state index in [0.29, 0.717) is 17.5 Å². The third-order valence-electron chi connectivity index (χ3n) is 2.76. The molecule has 0 radical (unpaired) electrons. The van der Waals surface area contributed by atoms with Crippen LogP contribution in [0.5, 0.6) is 0 Å². The summed E-state index contributed by atoms with van der Waals surface area (Å²) in [6, 6.07) is 5.86. The van der Waals surface area contributed by atoms with Gasteiger partial charge in [0.25, 0.3) is 0 Å². The SMILES string of the molecule is C[C@@H](NC(=O)C(C)(N)C(F)(F)F)c1cccc(Cl)c1. The molecule has 0 aliphatic rings. The van der Waals surface area contributed by atoms with E-state index in [2.05, 4.69) is 5.32 Å². The second kappa shape index (κ2) is 5.38. The van der Waals surface area contributed by atoms with E-state index in [1.54, 1.807) is 31.2 Å². The predicted molar refractivity (Wildman–Crippen MR) is 66.7 cm³/mol. The molecule has 106 valence electrons. The molecule has 0 saturated heterocycles. The first-order chi connectivity index (χ1) is 8.55. The van der Waals surface area contributed by atoms with Gasteiger partial charge in [0.05, 0.1) is 6.04 Å². The van der Waals surface area contributed by atoms with Gasteiger partial charge in [0, 0.05) is 5.02 Å². The fraction of sp³-hybridized carbons (Fsp3) is 0.417. The molecule has 1 aromatic carbocycles. The topological polar surface area (TPSA) is 55.1 Å². The molecule has 0 aliphatic heterocycles. The molecular weight excluding hydrogens is 281 g/mol. The van der Waals surface area contributed by atoms with Crippen LogP contribution < -0.4 is 11.1 Å². The van der Waals surface area contributed by atoms with Gasteiger partial charge in [-0.25, -0.2) is 0 Å². The lowest BCUT2D eigenvalue weighted by molar-refractivity contribution is -0.187. The number of nitrogens with two attached hydrogens (primary N) is 1. The van der Waals surface area contributed by atoms with Crippen molar-refractivity contribution in [3.8, 4) is 0 Å². The van der Waals surface area contributed by atoms with Crippen LogP contribution in [0.15, 0.2) is 24.3 Å². The fourth-order valence-corrected chi connectivity index (χ4v) is 1.53. The molecule has 7 heteroatoms. The number of amides is 1. The molecule has 19 heavy (non-hydrogen) atoms. The molecule has 0 heterocycles. The summed E-state index contributed by atoms with van der Waals surface area (Å²) in [5, 5.41) is 2.66. The minimum absolute atomic E-state index is 0.435. The number of carbonyl (C=O) groups excluding carboxylic acids is 1. The number of benzene rings is 1. The maximum Gasteiger partial charge on any atom is 0.415 e. The van der Waals surface area contributed by atoms with Crippen LogP contribution in [0.3, 0.4) is 0 Å². The summed E-state index contributed by atoms with van der Waals surface area (Å²) in [6.07, 6.45) is -4.81. The Morgan fingerprint density at radius 1 is 1.42 bits per heavy atom. The minimum Gasteiger partial charge on any atom is -0.348 e. The third kappa shape index (κ3) is 3.61. The van der Waals surface area contributed by atoms with E-state index in [-0.39, 0.29) is 0 Å². The molecule has 0 fully saturated rings. The van der Waals surface area contributed by atoms with Gasteiger partial charge >= 0.3 is 6.18 Å². The van der Waals surface area contributed by atoms with Crippen molar-refractivity contribution in [3.63, 3.8) is 0 Å². The highest BCUT2D eigenvalue weighted by atomic mass is 35.5. The van der Waals surface area contributed by atoms with Gasteiger partial charge in [-0.3, -0.25) is 4.79 Å². The van der Waals surface area contributed by atoms with E-state index in [9.17, 15) is 18.0 Å². The third-order valence-corrected chi connectivity index (χ3v) is 2.99. The maximum atomic E-state index is 12.6. The van der Waals surface area contributed by atoms with Gasteiger partial charge < -0.3 is 11.1 Å². The lowest BCUT2D eigenvalue weighted by atomic mass is 10.0. The molecule has 1 aromatic rings. The molecule has 1 rings (SSSR count). The summed E-state index contributed by atoms with van der Waals surface area (Å²) >= 11 is 5.77. The summed E-state index contributed by atoms with van der Waals surface area (Å²) in [7, 11) is 0. The monoisotopic (exact) mass is 294 g/mol. The van der Waals surface area contributed by atoms with Crippen molar-refractivity contribution in [2.24, 2.45) is 5.73 Å². The van der Waals surface area contributed by atoms with Gasteiger partial charge in [-0.1, -0.05) is 23.7 Å². The van der Waals surface area contributed by atoms with E-state index in [0.717, 1.165) is 0 Å². The van der Waals surface area contributed by atoms with Gasteiger partial charge in [0.2, 0.25) is 5.91 Å². The van der Waals surface area contributed by atoms with Crippen molar-refractivity contribution in [2.45, 2.75) is 31.6 Å². The molecule has 3 nitrogen and oxygen atoms in total. The standard InChI is InChI=1S/C12H14ClF3N2O/c1-7(8-4-3-5-9(13)6-8)18-10(19)11(2,17)12(14,15)16/h3-7H,17H2,1-2H3,(H,18,19)/t7-,11?/m1/s1.